The van der Waals surface area contributed by atoms with E-state index in [0.29, 0.717) is 31.0 Å². The second kappa shape index (κ2) is 10.9. The molecule has 1 heterocycles. The molecule has 0 aliphatic rings. The fourth-order valence-corrected chi connectivity index (χ4v) is 4.12. The van der Waals surface area contributed by atoms with E-state index in [4.69, 9.17) is 21.3 Å². The van der Waals surface area contributed by atoms with Gasteiger partial charge in [-0.05, 0) is 36.2 Å². The van der Waals surface area contributed by atoms with Crippen LogP contribution in [-0.4, -0.2) is 17.5 Å². The molecule has 4 nitrogen and oxygen atoms in total. The average Bonchev–Trinajstić information content (AvgIpc) is 3.33. The van der Waals surface area contributed by atoms with Crippen LogP contribution in [0.15, 0.2) is 84.2 Å². The van der Waals surface area contributed by atoms with Gasteiger partial charge in [0.05, 0.1) is 12.3 Å². The third kappa shape index (κ3) is 6.19. The summed E-state index contributed by atoms with van der Waals surface area (Å²) in [6, 6.07) is 25.5. The summed E-state index contributed by atoms with van der Waals surface area (Å²) in [6.07, 6.45) is 1.08. The SMILES string of the molecule is O=C(CCCOc1ccc(Cl)cc1)NCc1ccc(-c2nc(-c3ccccc3)cs2)cc1. The molecule has 0 spiro atoms. The fraction of sp³-hybridized carbons (Fsp3) is 0.154. The van der Waals surface area contributed by atoms with E-state index >= 15 is 0 Å². The predicted octanol–water partition coefficient (Wildman–Crippen LogP) is 6.61. The van der Waals surface area contributed by atoms with Crippen molar-refractivity contribution in [3.63, 3.8) is 0 Å². The van der Waals surface area contributed by atoms with E-state index in [0.717, 1.165) is 33.1 Å². The van der Waals surface area contributed by atoms with Crippen LogP contribution in [0.5, 0.6) is 5.75 Å². The first-order chi connectivity index (χ1) is 15.7. The third-order valence-corrected chi connectivity index (χ3v) is 6.04. The van der Waals surface area contributed by atoms with E-state index in [2.05, 4.69) is 35.0 Å². The number of halogens is 1. The van der Waals surface area contributed by atoms with Crippen molar-refractivity contribution >= 4 is 28.8 Å². The maximum absolute atomic E-state index is 12.1. The molecule has 0 unspecified atom stereocenters. The van der Waals surface area contributed by atoms with Gasteiger partial charge in [0.1, 0.15) is 10.8 Å². The van der Waals surface area contributed by atoms with E-state index in [1.54, 1.807) is 23.5 Å². The summed E-state index contributed by atoms with van der Waals surface area (Å²) in [6.45, 7) is 0.993. The van der Waals surface area contributed by atoms with E-state index < -0.39 is 0 Å². The molecule has 0 fully saturated rings. The fourth-order valence-electron chi connectivity index (χ4n) is 3.16. The number of thiazole rings is 1. The molecule has 4 aromatic rings. The first kappa shape index (κ1) is 22.1. The van der Waals surface area contributed by atoms with Gasteiger partial charge >= 0.3 is 0 Å². The number of nitrogens with zero attached hydrogens (tertiary/aromatic N) is 1. The highest BCUT2D eigenvalue weighted by Gasteiger charge is 2.07. The van der Waals surface area contributed by atoms with Gasteiger partial charge in [-0.2, -0.15) is 0 Å². The molecule has 32 heavy (non-hydrogen) atoms. The molecule has 6 heteroatoms. The van der Waals surface area contributed by atoms with Crippen LogP contribution in [0.25, 0.3) is 21.8 Å². The molecule has 0 saturated carbocycles. The molecule has 1 aromatic heterocycles. The Morgan fingerprint density at radius 3 is 2.44 bits per heavy atom. The Balaban J connectivity index is 1.21. The zero-order valence-electron chi connectivity index (χ0n) is 17.5. The Hall–Kier alpha value is -3.15. The maximum Gasteiger partial charge on any atom is 0.220 e. The van der Waals surface area contributed by atoms with Crippen LogP contribution in [-0.2, 0) is 11.3 Å². The van der Waals surface area contributed by atoms with Gasteiger partial charge < -0.3 is 10.1 Å². The van der Waals surface area contributed by atoms with E-state index in [1.165, 1.54) is 0 Å². The summed E-state index contributed by atoms with van der Waals surface area (Å²) >= 11 is 7.49. The van der Waals surface area contributed by atoms with Gasteiger partial charge in [-0.25, -0.2) is 4.98 Å². The van der Waals surface area contributed by atoms with Crippen molar-refractivity contribution in [2.45, 2.75) is 19.4 Å². The number of amides is 1. The van der Waals surface area contributed by atoms with Crippen molar-refractivity contribution in [2.24, 2.45) is 0 Å². The van der Waals surface area contributed by atoms with E-state index in [-0.39, 0.29) is 5.91 Å². The second-order valence-corrected chi connectivity index (χ2v) is 8.58. The summed E-state index contributed by atoms with van der Waals surface area (Å²) in [5.74, 6) is 0.771. The molecular formula is C26H23ClN2O2S. The first-order valence-electron chi connectivity index (χ1n) is 10.4. The highest BCUT2D eigenvalue weighted by molar-refractivity contribution is 7.13. The molecule has 0 aliphatic heterocycles. The van der Waals surface area contributed by atoms with Crippen LogP contribution in [0.1, 0.15) is 18.4 Å². The van der Waals surface area contributed by atoms with Gasteiger partial charge in [-0.1, -0.05) is 66.2 Å². The topological polar surface area (TPSA) is 51.2 Å². The Bertz CT molecular complexity index is 1140. The van der Waals surface area contributed by atoms with Crippen molar-refractivity contribution < 1.29 is 9.53 Å². The zero-order valence-corrected chi connectivity index (χ0v) is 19.0. The predicted molar refractivity (Wildman–Crippen MR) is 131 cm³/mol. The number of hydrogen-bond donors (Lipinski definition) is 1. The van der Waals surface area contributed by atoms with Crippen molar-refractivity contribution in [3.05, 3.63) is 94.8 Å². The lowest BCUT2D eigenvalue weighted by Crippen LogP contribution is -2.22. The highest BCUT2D eigenvalue weighted by atomic mass is 35.5. The Kier molecular flexibility index (Phi) is 7.54. The molecule has 4 rings (SSSR count). The Morgan fingerprint density at radius 2 is 1.69 bits per heavy atom. The average molecular weight is 463 g/mol. The minimum absolute atomic E-state index is 0.0150. The highest BCUT2D eigenvalue weighted by Crippen LogP contribution is 2.28. The van der Waals surface area contributed by atoms with Crippen LogP contribution in [0, 0.1) is 0 Å². The van der Waals surface area contributed by atoms with Crippen LogP contribution >= 0.6 is 22.9 Å². The number of ether oxygens (including phenoxy) is 1. The number of aromatic nitrogens is 1. The van der Waals surface area contributed by atoms with Gasteiger partial charge in [-0.3, -0.25) is 4.79 Å². The van der Waals surface area contributed by atoms with Crippen LogP contribution in [0.2, 0.25) is 5.02 Å². The summed E-state index contributed by atoms with van der Waals surface area (Å²) in [4.78, 5) is 16.9. The van der Waals surface area contributed by atoms with Crippen LogP contribution in [0.3, 0.4) is 0 Å². The lowest BCUT2D eigenvalue weighted by atomic mass is 10.1. The number of carbonyl (C=O) groups excluding carboxylic acids is 1. The van der Waals surface area contributed by atoms with Crippen LogP contribution in [0.4, 0.5) is 0 Å². The smallest absolute Gasteiger partial charge is 0.220 e. The van der Waals surface area contributed by atoms with Crippen molar-refractivity contribution in [1.82, 2.24) is 10.3 Å². The second-order valence-electron chi connectivity index (χ2n) is 7.28. The number of carbonyl (C=O) groups is 1. The quantitative estimate of drug-likeness (QED) is 0.285. The van der Waals surface area contributed by atoms with Crippen LogP contribution < -0.4 is 10.1 Å². The lowest BCUT2D eigenvalue weighted by Gasteiger charge is -2.08. The first-order valence-corrected chi connectivity index (χ1v) is 11.7. The maximum atomic E-state index is 12.1. The third-order valence-electron chi connectivity index (χ3n) is 4.89. The van der Waals surface area contributed by atoms with Crippen molar-refractivity contribution in [3.8, 4) is 27.6 Å². The minimum atomic E-state index is 0.0150. The molecule has 3 aromatic carbocycles. The molecule has 162 valence electrons. The number of rotatable bonds is 9. The number of nitrogens with one attached hydrogen (secondary N) is 1. The largest absolute Gasteiger partial charge is 0.494 e. The zero-order chi connectivity index (χ0) is 22.2. The summed E-state index contributed by atoms with van der Waals surface area (Å²) in [5.41, 5.74) is 4.24. The van der Waals surface area contributed by atoms with E-state index in [9.17, 15) is 4.79 Å². The van der Waals surface area contributed by atoms with E-state index in [1.807, 2.05) is 42.5 Å². The standard InChI is InChI=1S/C26H23ClN2O2S/c27-22-12-14-23(15-13-22)31-16-4-7-25(30)28-17-19-8-10-21(11-9-19)26-29-24(18-32-26)20-5-2-1-3-6-20/h1-3,5-6,8-15,18H,4,7,16-17H2,(H,28,30). The molecule has 1 amide bonds. The molecule has 0 radical (unpaired) electrons. The molecule has 0 saturated heterocycles. The Labute approximate surface area is 196 Å². The minimum Gasteiger partial charge on any atom is -0.494 e. The molecule has 0 atom stereocenters. The van der Waals surface area contributed by atoms with Gasteiger partial charge in [0.25, 0.3) is 0 Å². The molecule has 1 N–H and O–H groups in total. The van der Waals surface area contributed by atoms with Gasteiger partial charge in [-0.15, -0.1) is 11.3 Å². The molecule has 0 bridgehead atoms. The van der Waals surface area contributed by atoms with Crippen molar-refractivity contribution in [1.29, 1.82) is 0 Å². The Morgan fingerprint density at radius 1 is 0.938 bits per heavy atom. The number of hydrogen-bond acceptors (Lipinski definition) is 4. The number of benzene rings is 3. The molecular weight excluding hydrogens is 440 g/mol. The normalized spacial score (nSPS) is 10.7. The summed E-state index contributed by atoms with van der Waals surface area (Å²) < 4.78 is 5.62. The molecule has 0 aliphatic carbocycles. The summed E-state index contributed by atoms with van der Waals surface area (Å²) in [5, 5.41) is 6.70. The lowest BCUT2D eigenvalue weighted by molar-refractivity contribution is -0.121. The van der Waals surface area contributed by atoms with Gasteiger partial charge in [0.2, 0.25) is 5.91 Å². The van der Waals surface area contributed by atoms with Crippen molar-refractivity contribution in [2.75, 3.05) is 6.61 Å². The van der Waals surface area contributed by atoms with Gasteiger partial charge in [0, 0.05) is 34.5 Å². The van der Waals surface area contributed by atoms with Gasteiger partial charge in [0.15, 0.2) is 0 Å². The monoisotopic (exact) mass is 462 g/mol. The summed E-state index contributed by atoms with van der Waals surface area (Å²) in [7, 11) is 0.